The van der Waals surface area contributed by atoms with Crippen molar-refractivity contribution in [2.24, 2.45) is 0 Å². The van der Waals surface area contributed by atoms with Gasteiger partial charge in [-0.15, -0.1) is 0 Å². The predicted molar refractivity (Wildman–Crippen MR) is 57.6 cm³/mol. The predicted octanol–water partition coefficient (Wildman–Crippen LogP) is 1.09. The van der Waals surface area contributed by atoms with Gasteiger partial charge in [0.2, 0.25) is 0 Å². The maximum Gasteiger partial charge on any atom is 0.186 e. The maximum absolute atomic E-state index is 8.55. The van der Waals surface area contributed by atoms with Gasteiger partial charge in [0.25, 0.3) is 0 Å². The third kappa shape index (κ3) is 2.19. The molecule has 2 aliphatic heterocycles. The van der Waals surface area contributed by atoms with E-state index in [1.807, 2.05) is 19.2 Å². The van der Waals surface area contributed by atoms with Crippen LogP contribution in [0.1, 0.15) is 13.8 Å². The van der Waals surface area contributed by atoms with Gasteiger partial charge in [-0.25, -0.2) is 0 Å². The molecule has 5 nitrogen and oxygen atoms in total. The van der Waals surface area contributed by atoms with E-state index in [4.69, 9.17) is 24.2 Å². The minimum absolute atomic E-state index is 0.152. The first-order chi connectivity index (χ1) is 7.57. The number of ether oxygens (including phenoxy) is 4. The molecule has 2 rings (SSSR count). The summed E-state index contributed by atoms with van der Waals surface area (Å²) in [6, 6.07) is 0. The lowest BCUT2D eigenvalue weighted by Crippen LogP contribution is -2.31. The van der Waals surface area contributed by atoms with Gasteiger partial charge in [-0.05, 0) is 25.6 Å². The summed E-state index contributed by atoms with van der Waals surface area (Å²) >= 11 is 1.16. The zero-order valence-corrected chi connectivity index (χ0v) is 10.3. The fraction of sp³-hybridized carbons (Fsp3) is 0.900. The van der Waals surface area contributed by atoms with E-state index in [0.29, 0.717) is 5.75 Å². The van der Waals surface area contributed by atoms with Crippen LogP contribution in [0.25, 0.3) is 0 Å². The Morgan fingerprint density at radius 2 is 2.06 bits per heavy atom. The molecule has 0 aromatic heterocycles. The average Bonchev–Trinajstić information content (AvgIpc) is 2.69. The van der Waals surface area contributed by atoms with E-state index in [0.717, 1.165) is 11.8 Å². The molecular weight excluding hydrogens is 230 g/mol. The summed E-state index contributed by atoms with van der Waals surface area (Å²) in [5.41, 5.74) is 0. The molecule has 0 N–H and O–H groups in total. The zero-order chi connectivity index (χ0) is 11.8. The van der Waals surface area contributed by atoms with Crippen LogP contribution in [-0.4, -0.2) is 43.3 Å². The van der Waals surface area contributed by atoms with Crippen LogP contribution in [0.4, 0.5) is 0 Å². The van der Waals surface area contributed by atoms with Crippen LogP contribution < -0.4 is 0 Å². The molecule has 2 aliphatic rings. The van der Waals surface area contributed by atoms with Crippen LogP contribution >= 0.6 is 11.8 Å². The number of thioether (sulfide) groups is 1. The number of nitriles is 1. The average molecular weight is 245 g/mol. The van der Waals surface area contributed by atoms with E-state index >= 15 is 0 Å². The number of hydrogen-bond donors (Lipinski definition) is 0. The van der Waals surface area contributed by atoms with Crippen LogP contribution in [0.2, 0.25) is 0 Å². The molecule has 90 valence electrons. The monoisotopic (exact) mass is 245 g/mol. The van der Waals surface area contributed by atoms with Crippen LogP contribution in [0.3, 0.4) is 0 Å². The molecule has 0 aromatic rings. The highest BCUT2D eigenvalue weighted by molar-refractivity contribution is 8.03. The van der Waals surface area contributed by atoms with Crippen LogP contribution in [-0.2, 0) is 18.9 Å². The van der Waals surface area contributed by atoms with E-state index in [2.05, 4.69) is 0 Å². The number of methoxy groups -OCH3 is 1. The standard InChI is InChI=1S/C10H15NO4S/c1-10(2)14-7-6(4-16-5-11)13-9(12-3)8(7)15-10/h6-9H,4H2,1-3H3/t6-,7+,8-,9+/m1/s1. The molecule has 0 aromatic carbocycles. The molecule has 2 fully saturated rings. The second-order valence-electron chi connectivity index (χ2n) is 4.25. The molecule has 0 saturated carbocycles. The van der Waals surface area contributed by atoms with Crippen molar-refractivity contribution in [3.63, 3.8) is 0 Å². The summed E-state index contributed by atoms with van der Waals surface area (Å²) in [5.74, 6) is -0.0393. The lowest BCUT2D eigenvalue weighted by atomic mass is 10.2. The topological polar surface area (TPSA) is 60.7 Å². The first-order valence-electron chi connectivity index (χ1n) is 5.12. The van der Waals surface area contributed by atoms with Crippen molar-refractivity contribution in [2.45, 2.75) is 44.2 Å². The Balaban J connectivity index is 2.05. The van der Waals surface area contributed by atoms with E-state index in [1.165, 1.54) is 0 Å². The Hall–Kier alpha value is -0.320. The molecule has 2 heterocycles. The Kier molecular flexibility index (Phi) is 3.42. The molecule has 4 atom stereocenters. The van der Waals surface area contributed by atoms with Crippen LogP contribution in [0.15, 0.2) is 0 Å². The minimum atomic E-state index is -0.606. The van der Waals surface area contributed by atoms with Gasteiger partial charge < -0.3 is 18.9 Å². The summed E-state index contributed by atoms with van der Waals surface area (Å²) in [5, 5.41) is 10.6. The molecule has 0 aliphatic carbocycles. The third-order valence-electron chi connectivity index (χ3n) is 2.65. The Bertz CT molecular complexity index is 304. The second-order valence-corrected chi connectivity index (χ2v) is 5.05. The van der Waals surface area contributed by atoms with Crippen molar-refractivity contribution in [2.75, 3.05) is 12.9 Å². The molecular formula is C10H15NO4S. The SMILES string of the molecule is CO[C@H]1O[C@H](CSC#N)[C@@H]2OC(C)(C)O[C@@H]12. The number of rotatable bonds is 3. The number of fused-ring (bicyclic) bond motifs is 1. The van der Waals surface area contributed by atoms with E-state index in [-0.39, 0.29) is 18.3 Å². The van der Waals surface area contributed by atoms with Gasteiger partial charge in [0.05, 0.1) is 6.10 Å². The molecule has 0 amide bonds. The van der Waals surface area contributed by atoms with Gasteiger partial charge >= 0.3 is 0 Å². The maximum atomic E-state index is 8.55. The normalized spacial score (nSPS) is 40.6. The zero-order valence-electron chi connectivity index (χ0n) is 9.50. The van der Waals surface area contributed by atoms with Crippen molar-refractivity contribution in [1.82, 2.24) is 0 Å². The fourth-order valence-electron chi connectivity index (χ4n) is 2.09. The first-order valence-corrected chi connectivity index (χ1v) is 6.11. The molecule has 0 spiro atoms. The van der Waals surface area contributed by atoms with E-state index in [1.54, 1.807) is 7.11 Å². The molecule has 2 saturated heterocycles. The summed E-state index contributed by atoms with van der Waals surface area (Å²) in [6.45, 7) is 3.74. The highest BCUT2D eigenvalue weighted by Gasteiger charge is 2.55. The lowest BCUT2D eigenvalue weighted by Gasteiger charge is -2.23. The van der Waals surface area contributed by atoms with Gasteiger partial charge in [-0.3, -0.25) is 0 Å². The van der Waals surface area contributed by atoms with E-state index in [9.17, 15) is 0 Å². The Morgan fingerprint density at radius 3 is 2.69 bits per heavy atom. The van der Waals surface area contributed by atoms with Crippen molar-refractivity contribution in [3.05, 3.63) is 0 Å². The first kappa shape index (κ1) is 12.1. The largest absolute Gasteiger partial charge is 0.353 e. The highest BCUT2D eigenvalue weighted by Crippen LogP contribution is 2.39. The quantitative estimate of drug-likeness (QED) is 0.694. The molecule has 0 unspecified atom stereocenters. The second kappa shape index (κ2) is 4.51. The summed E-state index contributed by atoms with van der Waals surface area (Å²) < 4.78 is 22.3. The summed E-state index contributed by atoms with van der Waals surface area (Å²) in [6.07, 6.45) is -0.914. The smallest absolute Gasteiger partial charge is 0.186 e. The fourth-order valence-corrected chi connectivity index (χ4v) is 2.59. The molecule has 0 radical (unpaired) electrons. The molecule has 6 heteroatoms. The van der Waals surface area contributed by atoms with Gasteiger partial charge in [0, 0.05) is 12.9 Å². The Labute approximate surface area is 99.0 Å². The van der Waals surface area contributed by atoms with Crippen molar-refractivity contribution < 1.29 is 18.9 Å². The lowest BCUT2D eigenvalue weighted by molar-refractivity contribution is -0.224. The third-order valence-corrected chi connectivity index (χ3v) is 3.28. The van der Waals surface area contributed by atoms with Crippen LogP contribution in [0, 0.1) is 10.7 Å². The van der Waals surface area contributed by atoms with Crippen LogP contribution in [0.5, 0.6) is 0 Å². The van der Waals surface area contributed by atoms with Gasteiger partial charge in [0.1, 0.15) is 17.6 Å². The summed E-state index contributed by atoms with van der Waals surface area (Å²) in [7, 11) is 1.58. The molecule has 16 heavy (non-hydrogen) atoms. The number of hydrogen-bond acceptors (Lipinski definition) is 6. The number of thiocyanates is 1. The van der Waals surface area contributed by atoms with Crippen molar-refractivity contribution in [3.8, 4) is 5.40 Å². The van der Waals surface area contributed by atoms with Gasteiger partial charge in [-0.2, -0.15) is 5.26 Å². The highest BCUT2D eigenvalue weighted by atomic mass is 32.2. The van der Waals surface area contributed by atoms with Crippen molar-refractivity contribution in [1.29, 1.82) is 5.26 Å². The number of nitrogens with zero attached hydrogens (tertiary/aromatic N) is 1. The molecule has 0 bridgehead atoms. The van der Waals surface area contributed by atoms with Gasteiger partial charge in [-0.1, -0.05) is 0 Å². The Morgan fingerprint density at radius 1 is 1.38 bits per heavy atom. The van der Waals surface area contributed by atoms with E-state index < -0.39 is 12.1 Å². The summed E-state index contributed by atoms with van der Waals surface area (Å²) in [4.78, 5) is 0. The van der Waals surface area contributed by atoms with Crippen molar-refractivity contribution >= 4 is 11.8 Å². The van der Waals surface area contributed by atoms with Gasteiger partial charge in [0.15, 0.2) is 12.1 Å². The minimum Gasteiger partial charge on any atom is -0.353 e.